The van der Waals surface area contributed by atoms with Crippen molar-refractivity contribution in [3.05, 3.63) is 10.2 Å². The van der Waals surface area contributed by atoms with Gasteiger partial charge >= 0.3 is 0 Å². The van der Waals surface area contributed by atoms with Crippen molar-refractivity contribution in [2.24, 2.45) is 17.6 Å². The monoisotopic (exact) mass is 571 g/mol. The molecule has 0 radical (unpaired) electrons. The van der Waals surface area contributed by atoms with Crippen LogP contribution in [0.15, 0.2) is 10.2 Å². The molecule has 0 aromatic rings. The van der Waals surface area contributed by atoms with Crippen molar-refractivity contribution in [3.63, 3.8) is 0 Å². The van der Waals surface area contributed by atoms with Crippen LogP contribution >= 0.6 is 22.6 Å². The lowest BCUT2D eigenvalue weighted by Crippen LogP contribution is -2.46. The lowest BCUT2D eigenvalue weighted by Gasteiger charge is -2.40. The summed E-state index contributed by atoms with van der Waals surface area (Å²) in [6, 6.07) is -0.142. The molecule has 5 nitrogen and oxygen atoms in total. The van der Waals surface area contributed by atoms with Crippen molar-refractivity contribution in [1.82, 2.24) is 0 Å². The number of hydrogen-bond acceptors (Lipinski definition) is 5. The van der Waals surface area contributed by atoms with Gasteiger partial charge in [-0.25, -0.2) is 0 Å². The van der Waals surface area contributed by atoms with E-state index in [-0.39, 0.29) is 41.2 Å². The maximum Gasteiger partial charge on any atom is 0.192 e. The standard InChI is InChI=1S/C24H50INO4Si/c1-11-19(30-31(9,10)24(4,5)6)16-22(28-7)20(26)12-13-21(27)18(3)23(29-8)17(2)14-15-25/h14-15,17-23,27H,11-13,16,26H2,1-10H3/b15-14+/t17-,18+,19-,20+,21-,22+,23-/m1/s1. The highest BCUT2D eigenvalue weighted by Crippen LogP contribution is 2.38. The van der Waals surface area contributed by atoms with Crippen molar-refractivity contribution in [3.8, 4) is 0 Å². The van der Waals surface area contributed by atoms with E-state index in [1.54, 1.807) is 14.2 Å². The Morgan fingerprint density at radius 2 is 1.68 bits per heavy atom. The number of aliphatic hydroxyl groups is 1. The van der Waals surface area contributed by atoms with Crippen molar-refractivity contribution in [2.75, 3.05) is 14.2 Å². The van der Waals surface area contributed by atoms with E-state index in [0.29, 0.717) is 12.8 Å². The van der Waals surface area contributed by atoms with E-state index >= 15 is 0 Å². The SMILES string of the molecule is CC[C@H](C[C@H](OC)[C@@H](N)CC[C@@H](O)[C@H](C)[C@H](OC)[C@H](C)/C=C/I)O[Si](C)(C)C(C)(C)C. The predicted octanol–water partition coefficient (Wildman–Crippen LogP) is 5.90. The fourth-order valence-corrected chi connectivity index (χ4v) is 5.86. The van der Waals surface area contributed by atoms with Gasteiger partial charge in [-0.05, 0) is 41.5 Å². The molecule has 186 valence electrons. The Bertz CT molecular complexity index is 512. The van der Waals surface area contributed by atoms with Crippen LogP contribution in [0.25, 0.3) is 0 Å². The van der Waals surface area contributed by atoms with Crippen LogP contribution in [-0.4, -0.2) is 58.1 Å². The zero-order valence-electron chi connectivity index (χ0n) is 21.7. The molecule has 31 heavy (non-hydrogen) atoms. The van der Waals surface area contributed by atoms with Crippen LogP contribution in [0.3, 0.4) is 0 Å². The Hall–Kier alpha value is 0.487. The minimum atomic E-state index is -1.85. The number of ether oxygens (including phenoxy) is 2. The van der Waals surface area contributed by atoms with Gasteiger partial charge in [-0.1, -0.05) is 70.2 Å². The molecule has 0 saturated heterocycles. The van der Waals surface area contributed by atoms with Gasteiger partial charge in [-0.15, -0.1) is 0 Å². The molecule has 0 aliphatic carbocycles. The average Bonchev–Trinajstić information content (AvgIpc) is 2.68. The number of nitrogens with two attached hydrogens (primary N) is 1. The highest BCUT2D eigenvalue weighted by Gasteiger charge is 2.39. The van der Waals surface area contributed by atoms with Gasteiger partial charge in [0.25, 0.3) is 0 Å². The van der Waals surface area contributed by atoms with E-state index in [1.165, 1.54) is 0 Å². The minimum Gasteiger partial charge on any atom is -0.414 e. The smallest absolute Gasteiger partial charge is 0.192 e. The summed E-state index contributed by atoms with van der Waals surface area (Å²) in [5, 5.41) is 11.0. The molecule has 0 bridgehead atoms. The summed E-state index contributed by atoms with van der Waals surface area (Å²) in [5.74, 6) is 0.260. The first-order valence-electron chi connectivity index (χ1n) is 11.7. The summed E-state index contributed by atoms with van der Waals surface area (Å²) in [4.78, 5) is 0. The molecular weight excluding hydrogens is 521 g/mol. The molecule has 0 fully saturated rings. The second kappa shape index (κ2) is 14.7. The van der Waals surface area contributed by atoms with Crippen molar-refractivity contribution in [1.29, 1.82) is 0 Å². The fraction of sp³-hybridized carbons (Fsp3) is 0.917. The van der Waals surface area contributed by atoms with Crippen LogP contribution in [0.4, 0.5) is 0 Å². The Kier molecular flexibility index (Phi) is 14.9. The van der Waals surface area contributed by atoms with E-state index in [0.717, 1.165) is 12.8 Å². The Morgan fingerprint density at radius 3 is 2.10 bits per heavy atom. The third-order valence-corrected chi connectivity index (χ3v) is 12.0. The highest BCUT2D eigenvalue weighted by atomic mass is 127. The normalized spacial score (nSPS) is 20.3. The highest BCUT2D eigenvalue weighted by molar-refractivity contribution is 14.1. The third kappa shape index (κ3) is 10.5. The van der Waals surface area contributed by atoms with Gasteiger partial charge in [-0.3, -0.25) is 0 Å². The van der Waals surface area contributed by atoms with Crippen LogP contribution in [0.2, 0.25) is 18.1 Å². The topological polar surface area (TPSA) is 73.9 Å². The molecule has 0 amide bonds. The van der Waals surface area contributed by atoms with Gasteiger partial charge < -0.3 is 24.7 Å². The lowest BCUT2D eigenvalue weighted by molar-refractivity contribution is -0.0300. The third-order valence-electron chi connectivity index (χ3n) is 7.09. The van der Waals surface area contributed by atoms with E-state index in [4.69, 9.17) is 19.6 Å². The van der Waals surface area contributed by atoms with Crippen LogP contribution in [-0.2, 0) is 13.9 Å². The van der Waals surface area contributed by atoms with E-state index in [9.17, 15) is 5.11 Å². The van der Waals surface area contributed by atoms with Gasteiger partial charge in [0.1, 0.15) is 0 Å². The quantitative estimate of drug-likeness (QED) is 0.189. The zero-order chi connectivity index (χ0) is 24.4. The van der Waals surface area contributed by atoms with E-state index in [2.05, 4.69) is 83.3 Å². The second-order valence-electron chi connectivity index (χ2n) is 10.5. The number of methoxy groups -OCH3 is 2. The maximum atomic E-state index is 10.8. The average molecular weight is 572 g/mol. The molecule has 0 aliphatic rings. The molecule has 3 N–H and O–H groups in total. The molecule has 0 aromatic heterocycles. The predicted molar refractivity (Wildman–Crippen MR) is 143 cm³/mol. The number of hydrogen-bond donors (Lipinski definition) is 2. The first kappa shape index (κ1) is 31.5. The summed E-state index contributed by atoms with van der Waals surface area (Å²) >= 11 is 2.22. The molecular formula is C24H50INO4Si. The van der Waals surface area contributed by atoms with Gasteiger partial charge in [0.2, 0.25) is 0 Å². The molecule has 0 aromatic carbocycles. The van der Waals surface area contributed by atoms with Gasteiger partial charge in [0.05, 0.1) is 18.3 Å². The number of halogens is 1. The largest absolute Gasteiger partial charge is 0.414 e. The van der Waals surface area contributed by atoms with Crippen LogP contribution in [0, 0.1) is 11.8 Å². The van der Waals surface area contributed by atoms with Crippen molar-refractivity contribution >= 4 is 30.9 Å². The van der Waals surface area contributed by atoms with Crippen molar-refractivity contribution < 1.29 is 19.0 Å². The molecule has 0 saturated carbocycles. The van der Waals surface area contributed by atoms with Crippen LogP contribution < -0.4 is 5.73 Å². The Labute approximate surface area is 207 Å². The summed E-state index contributed by atoms with van der Waals surface area (Å²) in [6.07, 6.45) is 4.72. The van der Waals surface area contributed by atoms with Gasteiger partial charge in [-0.2, -0.15) is 0 Å². The molecule has 0 heterocycles. The van der Waals surface area contributed by atoms with Gasteiger partial charge in [0.15, 0.2) is 8.32 Å². The summed E-state index contributed by atoms with van der Waals surface area (Å²) in [5.41, 5.74) is 6.52. The minimum absolute atomic E-state index is 0.0195. The summed E-state index contributed by atoms with van der Waals surface area (Å²) < 4.78 is 20.1. The molecule has 0 unspecified atom stereocenters. The van der Waals surface area contributed by atoms with E-state index in [1.807, 2.05) is 4.08 Å². The Morgan fingerprint density at radius 1 is 1.10 bits per heavy atom. The fourth-order valence-electron chi connectivity index (χ4n) is 3.76. The number of rotatable bonds is 15. The molecule has 7 atom stereocenters. The first-order chi connectivity index (χ1) is 14.2. The first-order valence-corrected chi connectivity index (χ1v) is 15.8. The number of aliphatic hydroxyl groups excluding tert-OH is 1. The molecule has 0 spiro atoms. The van der Waals surface area contributed by atoms with E-state index < -0.39 is 14.4 Å². The van der Waals surface area contributed by atoms with Crippen molar-refractivity contribution in [2.45, 2.75) is 116 Å². The molecule has 0 rings (SSSR count). The molecule has 7 heteroatoms. The van der Waals surface area contributed by atoms with Crippen LogP contribution in [0.5, 0.6) is 0 Å². The summed E-state index contributed by atoms with van der Waals surface area (Å²) in [6.45, 7) is 17.7. The second-order valence-corrected chi connectivity index (χ2v) is 15.9. The zero-order valence-corrected chi connectivity index (χ0v) is 24.8. The van der Waals surface area contributed by atoms with Crippen LogP contribution in [0.1, 0.15) is 67.2 Å². The lowest BCUT2D eigenvalue weighted by atomic mass is 9.86. The Balaban J connectivity index is 4.93. The maximum absolute atomic E-state index is 10.8. The van der Waals surface area contributed by atoms with Gasteiger partial charge in [0, 0.05) is 44.6 Å². The summed E-state index contributed by atoms with van der Waals surface area (Å²) in [7, 11) is 1.59. The molecule has 0 aliphatic heterocycles.